The van der Waals surface area contributed by atoms with E-state index in [-0.39, 0.29) is 18.0 Å². The third kappa shape index (κ3) is 6.25. The molecule has 0 saturated heterocycles. The number of hydrogen-bond acceptors (Lipinski definition) is 2. The van der Waals surface area contributed by atoms with E-state index in [1.807, 2.05) is 33.8 Å². The lowest BCUT2D eigenvalue weighted by Gasteiger charge is -2.30. The van der Waals surface area contributed by atoms with E-state index in [1.165, 1.54) is 11.1 Å². The number of amides is 1. The Labute approximate surface area is 151 Å². The molecule has 1 amide bonds. The highest BCUT2D eigenvalue weighted by molar-refractivity contribution is 5.86. The number of nitrogens with zero attached hydrogens (tertiary/aromatic N) is 2. The smallest absolute Gasteiger partial charge is 0.242 e. The van der Waals surface area contributed by atoms with Gasteiger partial charge < -0.3 is 15.5 Å². The van der Waals surface area contributed by atoms with Gasteiger partial charge in [-0.25, -0.2) is 4.99 Å². The molecule has 25 heavy (non-hydrogen) atoms. The SMILES string of the molecule is CCNC(=NCC(=O)NC(C)(C)C)N1CC=C(c2ccccc2)CC1. The van der Waals surface area contributed by atoms with Crippen molar-refractivity contribution in [2.24, 2.45) is 4.99 Å². The van der Waals surface area contributed by atoms with Crippen LogP contribution >= 0.6 is 0 Å². The standard InChI is InChI=1S/C20H30N4O/c1-5-21-19(22-15-18(25)23-20(2,3)4)24-13-11-17(12-14-24)16-9-7-6-8-10-16/h6-11H,5,12-15H2,1-4H3,(H,21,22)(H,23,25). The first-order valence-electron chi connectivity index (χ1n) is 8.98. The van der Waals surface area contributed by atoms with E-state index in [1.54, 1.807) is 0 Å². The third-order valence-electron chi connectivity index (χ3n) is 3.87. The summed E-state index contributed by atoms with van der Waals surface area (Å²) in [5.74, 6) is 0.746. The zero-order valence-electron chi connectivity index (χ0n) is 15.8. The number of nitrogens with one attached hydrogen (secondary N) is 2. The molecule has 0 spiro atoms. The Morgan fingerprint density at radius 2 is 1.96 bits per heavy atom. The van der Waals surface area contributed by atoms with Gasteiger partial charge in [0.25, 0.3) is 0 Å². The summed E-state index contributed by atoms with van der Waals surface area (Å²) in [5.41, 5.74) is 2.43. The molecule has 1 aliphatic heterocycles. The summed E-state index contributed by atoms with van der Waals surface area (Å²) in [5, 5.41) is 6.24. The fraction of sp³-hybridized carbons (Fsp3) is 0.500. The van der Waals surface area contributed by atoms with Crippen molar-refractivity contribution in [3.63, 3.8) is 0 Å². The highest BCUT2D eigenvalue weighted by atomic mass is 16.2. The Hall–Kier alpha value is -2.30. The first kappa shape index (κ1) is 19.0. The summed E-state index contributed by atoms with van der Waals surface area (Å²) in [6.07, 6.45) is 3.23. The van der Waals surface area contributed by atoms with Gasteiger partial charge >= 0.3 is 0 Å². The number of hydrogen-bond donors (Lipinski definition) is 2. The Bertz CT molecular complexity index is 629. The van der Waals surface area contributed by atoms with Crippen molar-refractivity contribution in [2.75, 3.05) is 26.2 Å². The molecule has 2 N–H and O–H groups in total. The van der Waals surface area contributed by atoms with Crippen LogP contribution in [0.2, 0.25) is 0 Å². The van der Waals surface area contributed by atoms with Gasteiger partial charge in [-0.05, 0) is 45.3 Å². The van der Waals surface area contributed by atoms with Crippen molar-refractivity contribution in [1.29, 1.82) is 0 Å². The molecule has 5 heteroatoms. The summed E-state index contributed by atoms with van der Waals surface area (Å²) < 4.78 is 0. The van der Waals surface area contributed by atoms with Crippen LogP contribution in [-0.4, -0.2) is 48.5 Å². The molecule has 2 rings (SSSR count). The molecule has 0 aromatic heterocycles. The quantitative estimate of drug-likeness (QED) is 0.653. The minimum atomic E-state index is -0.233. The maximum absolute atomic E-state index is 12.0. The van der Waals surface area contributed by atoms with Crippen LogP contribution in [0.4, 0.5) is 0 Å². The molecule has 0 bridgehead atoms. The van der Waals surface area contributed by atoms with Crippen LogP contribution in [0.15, 0.2) is 41.4 Å². The van der Waals surface area contributed by atoms with Gasteiger partial charge in [0, 0.05) is 25.2 Å². The summed E-state index contributed by atoms with van der Waals surface area (Å²) in [6.45, 7) is 10.6. The minimum Gasteiger partial charge on any atom is -0.356 e. The number of guanidine groups is 1. The van der Waals surface area contributed by atoms with Crippen molar-refractivity contribution < 1.29 is 4.79 Å². The van der Waals surface area contributed by atoms with Gasteiger partial charge in [0.05, 0.1) is 0 Å². The number of carbonyl (C=O) groups excluding carboxylic acids is 1. The second-order valence-corrected chi connectivity index (χ2v) is 7.26. The third-order valence-corrected chi connectivity index (χ3v) is 3.87. The molecule has 136 valence electrons. The molecule has 0 fully saturated rings. The van der Waals surface area contributed by atoms with E-state index < -0.39 is 0 Å². The lowest BCUT2D eigenvalue weighted by Crippen LogP contribution is -2.45. The molecule has 0 saturated carbocycles. The normalized spacial score (nSPS) is 15.6. The number of benzene rings is 1. The number of rotatable bonds is 4. The van der Waals surface area contributed by atoms with Gasteiger partial charge in [-0.3, -0.25) is 4.79 Å². The predicted octanol–water partition coefficient (Wildman–Crippen LogP) is 2.66. The monoisotopic (exact) mass is 342 g/mol. The van der Waals surface area contributed by atoms with Crippen LogP contribution in [0.5, 0.6) is 0 Å². The first-order valence-corrected chi connectivity index (χ1v) is 8.98. The van der Waals surface area contributed by atoms with Gasteiger partial charge in [0.15, 0.2) is 5.96 Å². The van der Waals surface area contributed by atoms with Gasteiger partial charge in [-0.1, -0.05) is 36.4 Å². The Balaban J connectivity index is 2.00. The molecule has 1 aromatic rings. The van der Waals surface area contributed by atoms with E-state index in [9.17, 15) is 4.79 Å². The summed E-state index contributed by atoms with van der Waals surface area (Å²) in [6, 6.07) is 10.5. The van der Waals surface area contributed by atoms with Crippen molar-refractivity contribution in [1.82, 2.24) is 15.5 Å². The van der Waals surface area contributed by atoms with Crippen LogP contribution in [-0.2, 0) is 4.79 Å². The molecule has 1 heterocycles. The van der Waals surface area contributed by atoms with Gasteiger partial charge in [0.1, 0.15) is 6.54 Å². The lowest BCUT2D eigenvalue weighted by molar-refractivity contribution is -0.121. The van der Waals surface area contributed by atoms with Crippen LogP contribution < -0.4 is 10.6 Å². The van der Waals surface area contributed by atoms with Crippen molar-refractivity contribution in [3.05, 3.63) is 42.0 Å². The van der Waals surface area contributed by atoms with Crippen LogP contribution in [0.1, 0.15) is 39.7 Å². The van der Waals surface area contributed by atoms with Crippen molar-refractivity contribution in [3.8, 4) is 0 Å². The molecule has 5 nitrogen and oxygen atoms in total. The highest BCUT2D eigenvalue weighted by Crippen LogP contribution is 2.21. The van der Waals surface area contributed by atoms with Crippen LogP contribution in [0.3, 0.4) is 0 Å². The second-order valence-electron chi connectivity index (χ2n) is 7.26. The largest absolute Gasteiger partial charge is 0.356 e. The fourth-order valence-corrected chi connectivity index (χ4v) is 2.81. The second kappa shape index (κ2) is 8.70. The predicted molar refractivity (Wildman–Crippen MR) is 104 cm³/mol. The Kier molecular flexibility index (Phi) is 6.62. The topological polar surface area (TPSA) is 56.7 Å². The maximum atomic E-state index is 12.0. The van der Waals surface area contributed by atoms with E-state index in [4.69, 9.17) is 0 Å². The molecule has 0 aliphatic carbocycles. The van der Waals surface area contributed by atoms with E-state index in [0.717, 1.165) is 32.0 Å². The maximum Gasteiger partial charge on any atom is 0.242 e. The first-order chi connectivity index (χ1) is 11.9. The van der Waals surface area contributed by atoms with Crippen molar-refractivity contribution >= 4 is 17.4 Å². The summed E-state index contributed by atoms with van der Waals surface area (Å²) in [7, 11) is 0. The van der Waals surface area contributed by atoms with Crippen molar-refractivity contribution in [2.45, 2.75) is 39.7 Å². The Morgan fingerprint density at radius 3 is 2.52 bits per heavy atom. The molecule has 1 aromatic carbocycles. The van der Waals surface area contributed by atoms with E-state index >= 15 is 0 Å². The minimum absolute atomic E-state index is 0.0552. The fourth-order valence-electron chi connectivity index (χ4n) is 2.81. The number of aliphatic imine (C=N–C) groups is 1. The van der Waals surface area contributed by atoms with Gasteiger partial charge in [-0.15, -0.1) is 0 Å². The number of carbonyl (C=O) groups is 1. The van der Waals surface area contributed by atoms with E-state index in [0.29, 0.717) is 0 Å². The van der Waals surface area contributed by atoms with E-state index in [2.05, 4.69) is 50.9 Å². The van der Waals surface area contributed by atoms with Crippen LogP contribution in [0.25, 0.3) is 5.57 Å². The summed E-state index contributed by atoms with van der Waals surface area (Å²) in [4.78, 5) is 18.7. The Morgan fingerprint density at radius 1 is 1.24 bits per heavy atom. The van der Waals surface area contributed by atoms with Gasteiger partial charge in [-0.2, -0.15) is 0 Å². The lowest BCUT2D eigenvalue weighted by atomic mass is 10.00. The molecular weight excluding hydrogens is 312 g/mol. The molecule has 1 aliphatic rings. The zero-order valence-corrected chi connectivity index (χ0v) is 15.8. The zero-order chi connectivity index (χ0) is 18.3. The average Bonchev–Trinajstić information content (AvgIpc) is 2.58. The molecular formula is C20H30N4O. The van der Waals surface area contributed by atoms with Crippen LogP contribution in [0, 0.1) is 0 Å². The highest BCUT2D eigenvalue weighted by Gasteiger charge is 2.17. The molecule has 0 atom stereocenters. The van der Waals surface area contributed by atoms with Gasteiger partial charge in [0.2, 0.25) is 5.91 Å². The molecule has 0 unspecified atom stereocenters. The molecule has 0 radical (unpaired) electrons. The average molecular weight is 342 g/mol. The summed E-state index contributed by atoms with van der Waals surface area (Å²) >= 11 is 0.